The molecule has 0 heterocycles. The summed E-state index contributed by atoms with van der Waals surface area (Å²) in [6.45, 7) is 0.859. The van der Waals surface area contributed by atoms with E-state index >= 15 is 0 Å². The van der Waals surface area contributed by atoms with Gasteiger partial charge in [0.1, 0.15) is 6.61 Å². The van der Waals surface area contributed by atoms with Crippen LogP contribution >= 0.6 is 24.0 Å². The number of methoxy groups -OCH3 is 3. The van der Waals surface area contributed by atoms with Crippen LogP contribution in [-0.2, 0) is 13.2 Å². The summed E-state index contributed by atoms with van der Waals surface area (Å²) in [5.74, 6) is 2.86. The molecule has 0 fully saturated rings. The third-order valence-electron chi connectivity index (χ3n) is 4.55. The van der Waals surface area contributed by atoms with Crippen LogP contribution in [0.5, 0.6) is 23.0 Å². The van der Waals surface area contributed by atoms with Gasteiger partial charge in [-0.05, 0) is 35.4 Å². The number of guanidine groups is 1. The van der Waals surface area contributed by atoms with Gasteiger partial charge < -0.3 is 30.0 Å². The van der Waals surface area contributed by atoms with E-state index in [0.29, 0.717) is 36.1 Å². The topological polar surface area (TPSA) is 87.3 Å². The van der Waals surface area contributed by atoms with Crippen molar-refractivity contribution in [1.82, 2.24) is 0 Å². The zero-order valence-electron chi connectivity index (χ0n) is 18.3. The lowest BCUT2D eigenvalue weighted by atomic mass is 10.2. The maximum absolute atomic E-state index is 6.04. The van der Waals surface area contributed by atoms with Gasteiger partial charge in [-0.2, -0.15) is 0 Å². The first kappa shape index (κ1) is 25.1. The highest BCUT2D eigenvalue weighted by Gasteiger charge is 2.08. The molecule has 3 aromatic carbocycles. The summed E-state index contributed by atoms with van der Waals surface area (Å²) in [5, 5.41) is 3.05. The van der Waals surface area contributed by atoms with Gasteiger partial charge in [-0.1, -0.05) is 36.4 Å². The Balaban J connectivity index is 0.00000363. The fraction of sp³-hybridized carbons (Fsp3) is 0.208. The fourth-order valence-electron chi connectivity index (χ4n) is 2.94. The van der Waals surface area contributed by atoms with Gasteiger partial charge in [0.15, 0.2) is 29.0 Å². The monoisotopic (exact) mass is 549 g/mol. The Labute approximate surface area is 205 Å². The number of anilines is 1. The molecule has 0 unspecified atom stereocenters. The zero-order valence-corrected chi connectivity index (χ0v) is 20.7. The van der Waals surface area contributed by atoms with E-state index in [1.54, 1.807) is 33.5 Å². The second-order valence-electron chi connectivity index (χ2n) is 6.66. The Hall–Kier alpha value is -3.14. The van der Waals surface area contributed by atoms with Crippen molar-refractivity contribution in [2.45, 2.75) is 13.2 Å². The number of rotatable bonds is 9. The van der Waals surface area contributed by atoms with Crippen LogP contribution in [0.4, 0.5) is 5.69 Å². The minimum absolute atomic E-state index is 0. The number of halogens is 1. The molecule has 3 aromatic rings. The van der Waals surface area contributed by atoms with E-state index in [1.807, 2.05) is 54.6 Å². The lowest BCUT2D eigenvalue weighted by molar-refractivity contribution is 0.284. The van der Waals surface area contributed by atoms with Crippen molar-refractivity contribution in [1.29, 1.82) is 0 Å². The molecule has 170 valence electrons. The van der Waals surface area contributed by atoms with Crippen molar-refractivity contribution in [2.75, 3.05) is 26.6 Å². The van der Waals surface area contributed by atoms with Crippen LogP contribution < -0.4 is 30.0 Å². The van der Waals surface area contributed by atoms with Crippen molar-refractivity contribution in [2.24, 2.45) is 10.7 Å². The SMILES string of the molecule is COc1ccc(NC(N)=NCc2ccc(OCc3ccccc3)c(OC)c2)cc1OC.I. The number of ether oxygens (including phenoxy) is 4. The summed E-state index contributed by atoms with van der Waals surface area (Å²) in [7, 11) is 4.79. The van der Waals surface area contributed by atoms with Gasteiger partial charge >= 0.3 is 0 Å². The van der Waals surface area contributed by atoms with Gasteiger partial charge in [0, 0.05) is 11.8 Å². The van der Waals surface area contributed by atoms with Crippen molar-refractivity contribution in [3.63, 3.8) is 0 Å². The molecule has 0 radical (unpaired) electrons. The number of nitrogens with zero attached hydrogens (tertiary/aromatic N) is 1. The second-order valence-corrected chi connectivity index (χ2v) is 6.66. The van der Waals surface area contributed by atoms with Crippen LogP contribution in [0.1, 0.15) is 11.1 Å². The predicted molar refractivity (Wildman–Crippen MR) is 138 cm³/mol. The number of hydrogen-bond donors (Lipinski definition) is 2. The standard InChI is InChI=1S/C24H27N3O4.HI/c1-28-20-12-10-19(14-23(20)30-3)27-24(25)26-15-18-9-11-21(22(13-18)29-2)31-16-17-7-5-4-6-8-17;/h4-14H,15-16H2,1-3H3,(H3,25,26,27);1H. The maximum Gasteiger partial charge on any atom is 0.193 e. The van der Waals surface area contributed by atoms with Crippen LogP contribution in [0.3, 0.4) is 0 Å². The van der Waals surface area contributed by atoms with Crippen molar-refractivity contribution in [3.8, 4) is 23.0 Å². The first-order valence-electron chi connectivity index (χ1n) is 9.75. The number of nitrogens with two attached hydrogens (primary N) is 1. The van der Waals surface area contributed by atoms with E-state index in [1.165, 1.54) is 0 Å². The van der Waals surface area contributed by atoms with E-state index in [0.717, 1.165) is 16.8 Å². The largest absolute Gasteiger partial charge is 0.493 e. The van der Waals surface area contributed by atoms with E-state index in [-0.39, 0.29) is 29.9 Å². The van der Waals surface area contributed by atoms with Crippen LogP contribution in [0, 0.1) is 0 Å². The molecular formula is C24H28IN3O4. The Morgan fingerprint density at radius 2 is 1.44 bits per heavy atom. The first-order chi connectivity index (χ1) is 15.1. The average Bonchev–Trinajstić information content (AvgIpc) is 2.82. The molecule has 0 saturated carbocycles. The Bertz CT molecular complexity index is 1030. The normalized spacial score (nSPS) is 10.7. The van der Waals surface area contributed by atoms with Crippen LogP contribution in [0.2, 0.25) is 0 Å². The van der Waals surface area contributed by atoms with Gasteiger partial charge in [-0.3, -0.25) is 0 Å². The molecule has 0 aromatic heterocycles. The molecular weight excluding hydrogens is 521 g/mol. The molecule has 0 saturated heterocycles. The quantitative estimate of drug-likeness (QED) is 0.226. The molecule has 8 heteroatoms. The predicted octanol–water partition coefficient (Wildman–Crippen LogP) is 4.84. The van der Waals surface area contributed by atoms with E-state index in [4.69, 9.17) is 24.7 Å². The average molecular weight is 549 g/mol. The smallest absolute Gasteiger partial charge is 0.193 e. The highest BCUT2D eigenvalue weighted by molar-refractivity contribution is 14.0. The Kier molecular flexibility index (Phi) is 9.93. The summed E-state index contributed by atoms with van der Waals surface area (Å²) in [6.07, 6.45) is 0. The highest BCUT2D eigenvalue weighted by atomic mass is 127. The summed E-state index contributed by atoms with van der Waals surface area (Å²) < 4.78 is 21.9. The summed E-state index contributed by atoms with van der Waals surface area (Å²) in [4.78, 5) is 4.40. The second kappa shape index (κ2) is 12.7. The summed E-state index contributed by atoms with van der Waals surface area (Å²) in [5.41, 5.74) is 8.83. The van der Waals surface area contributed by atoms with Gasteiger partial charge in [0.25, 0.3) is 0 Å². The van der Waals surface area contributed by atoms with Crippen molar-refractivity contribution >= 4 is 35.6 Å². The van der Waals surface area contributed by atoms with Crippen molar-refractivity contribution in [3.05, 3.63) is 77.9 Å². The fourth-order valence-corrected chi connectivity index (χ4v) is 2.94. The number of hydrogen-bond acceptors (Lipinski definition) is 5. The van der Waals surface area contributed by atoms with Crippen LogP contribution in [-0.4, -0.2) is 27.3 Å². The molecule has 0 aliphatic carbocycles. The van der Waals surface area contributed by atoms with Crippen molar-refractivity contribution < 1.29 is 18.9 Å². The van der Waals surface area contributed by atoms with Crippen LogP contribution in [0.15, 0.2) is 71.7 Å². The first-order valence-corrected chi connectivity index (χ1v) is 9.75. The minimum atomic E-state index is 0. The van der Waals surface area contributed by atoms with E-state index in [9.17, 15) is 0 Å². The van der Waals surface area contributed by atoms with Gasteiger partial charge in [0.2, 0.25) is 0 Å². The molecule has 3 N–H and O–H groups in total. The van der Waals surface area contributed by atoms with Crippen LogP contribution in [0.25, 0.3) is 0 Å². The zero-order chi connectivity index (χ0) is 22.1. The van der Waals surface area contributed by atoms with Gasteiger partial charge in [-0.25, -0.2) is 4.99 Å². The number of nitrogens with one attached hydrogen (secondary N) is 1. The molecule has 0 aliphatic rings. The summed E-state index contributed by atoms with van der Waals surface area (Å²) >= 11 is 0. The molecule has 7 nitrogen and oxygen atoms in total. The van der Waals surface area contributed by atoms with E-state index < -0.39 is 0 Å². The third kappa shape index (κ3) is 6.94. The number of aliphatic imine (C=N–C) groups is 1. The van der Waals surface area contributed by atoms with Gasteiger partial charge in [-0.15, -0.1) is 24.0 Å². The lowest BCUT2D eigenvalue weighted by Crippen LogP contribution is -2.22. The van der Waals surface area contributed by atoms with Gasteiger partial charge in [0.05, 0.1) is 27.9 Å². The Morgan fingerprint density at radius 1 is 0.781 bits per heavy atom. The minimum Gasteiger partial charge on any atom is -0.493 e. The maximum atomic E-state index is 6.04. The Morgan fingerprint density at radius 3 is 2.12 bits per heavy atom. The molecule has 3 rings (SSSR count). The molecule has 0 spiro atoms. The number of benzene rings is 3. The molecule has 32 heavy (non-hydrogen) atoms. The summed E-state index contributed by atoms with van der Waals surface area (Å²) in [6, 6.07) is 21.1. The lowest BCUT2D eigenvalue weighted by Gasteiger charge is -2.12. The molecule has 0 atom stereocenters. The van der Waals surface area contributed by atoms with E-state index in [2.05, 4.69) is 10.3 Å². The molecule has 0 amide bonds. The molecule has 0 aliphatic heterocycles. The highest BCUT2D eigenvalue weighted by Crippen LogP contribution is 2.30. The molecule has 0 bridgehead atoms. The third-order valence-corrected chi connectivity index (χ3v) is 4.55.